The summed E-state index contributed by atoms with van der Waals surface area (Å²) in [5.74, 6) is -0.629. The van der Waals surface area contributed by atoms with Gasteiger partial charge in [-0.25, -0.2) is 9.59 Å². The lowest BCUT2D eigenvalue weighted by molar-refractivity contribution is -0.339. The van der Waals surface area contributed by atoms with Gasteiger partial charge in [0.05, 0.1) is 23.2 Å². The van der Waals surface area contributed by atoms with E-state index in [1.54, 1.807) is 45.0 Å². The number of benzene rings is 2. The van der Waals surface area contributed by atoms with Crippen LogP contribution in [0, 0.1) is 5.92 Å². The van der Waals surface area contributed by atoms with Crippen LogP contribution in [0.25, 0.3) is 0 Å². The average Bonchev–Trinajstić information content (AvgIpc) is 2.96. The van der Waals surface area contributed by atoms with Crippen LogP contribution in [0.15, 0.2) is 60.7 Å². The molecule has 2 fully saturated rings. The number of carbonyl (C=O) groups is 2. The van der Waals surface area contributed by atoms with Crippen molar-refractivity contribution < 1.29 is 38.0 Å². The van der Waals surface area contributed by atoms with Crippen LogP contribution in [0.3, 0.4) is 0 Å². The molecule has 11 heteroatoms. The van der Waals surface area contributed by atoms with Gasteiger partial charge in [-0.15, -0.1) is 0 Å². The van der Waals surface area contributed by atoms with Gasteiger partial charge in [0, 0.05) is 12.7 Å². The molecule has 2 heterocycles. The van der Waals surface area contributed by atoms with E-state index >= 15 is 0 Å². The van der Waals surface area contributed by atoms with Crippen molar-refractivity contribution in [2.45, 2.75) is 83.2 Å². The molecule has 10 nitrogen and oxygen atoms in total. The number of ether oxygens (including phenoxy) is 6. The summed E-state index contributed by atoms with van der Waals surface area (Å²) in [5, 5.41) is 6.13. The summed E-state index contributed by atoms with van der Waals surface area (Å²) in [6, 6.07) is 16.8. The Morgan fingerprint density at radius 2 is 1.64 bits per heavy atom. The van der Waals surface area contributed by atoms with Crippen molar-refractivity contribution in [2.24, 2.45) is 5.92 Å². The fourth-order valence-corrected chi connectivity index (χ4v) is 5.30. The molecule has 2 aliphatic rings. The Bertz CT molecular complexity index is 1210. The summed E-state index contributed by atoms with van der Waals surface area (Å²) in [6.45, 7) is 9.40. The molecular weight excluding hydrogens is 560 g/mol. The Morgan fingerprint density at radius 3 is 2.24 bits per heavy atom. The van der Waals surface area contributed by atoms with Crippen molar-refractivity contribution >= 4 is 29.3 Å². The van der Waals surface area contributed by atoms with Crippen molar-refractivity contribution in [1.82, 2.24) is 10.6 Å². The van der Waals surface area contributed by atoms with Crippen LogP contribution in [0.1, 0.15) is 56.8 Å². The van der Waals surface area contributed by atoms with Crippen molar-refractivity contribution in [2.75, 3.05) is 13.7 Å². The number of amides is 1. The molecule has 0 aromatic heterocycles. The van der Waals surface area contributed by atoms with Gasteiger partial charge in [0.1, 0.15) is 23.9 Å². The third-order valence-electron chi connectivity index (χ3n) is 6.83. The number of hydrogen-bond acceptors (Lipinski definition) is 9. The van der Waals surface area contributed by atoms with Crippen molar-refractivity contribution in [3.8, 4) is 0 Å². The van der Waals surface area contributed by atoms with Gasteiger partial charge in [-0.1, -0.05) is 74.6 Å². The maximum Gasteiger partial charge on any atom is 0.408 e. The van der Waals surface area contributed by atoms with Gasteiger partial charge in [-0.2, -0.15) is 0 Å². The van der Waals surface area contributed by atoms with Crippen LogP contribution in [0.4, 0.5) is 4.79 Å². The zero-order chi connectivity index (χ0) is 30.4. The van der Waals surface area contributed by atoms with E-state index in [9.17, 15) is 9.59 Å². The molecule has 42 heavy (non-hydrogen) atoms. The van der Waals surface area contributed by atoms with Crippen LogP contribution in [-0.2, 0) is 28.4 Å². The number of alkyl carbamates (subject to hydrolysis) is 1. The predicted molar refractivity (Wildman–Crippen MR) is 159 cm³/mol. The first-order valence-corrected chi connectivity index (χ1v) is 14.4. The minimum atomic E-state index is -0.899. The number of fused-ring (bicyclic) bond motifs is 1. The van der Waals surface area contributed by atoms with Crippen LogP contribution in [0.5, 0.6) is 0 Å². The largest absolute Gasteiger partial charge is 0.453 e. The van der Waals surface area contributed by atoms with Gasteiger partial charge in [0.15, 0.2) is 18.7 Å². The maximum absolute atomic E-state index is 13.4. The molecule has 0 bridgehead atoms. The number of thiocarbonyl (C=S) groups is 1. The minimum Gasteiger partial charge on any atom is -0.453 e. The molecule has 0 aliphatic carbocycles. The predicted octanol–water partition coefficient (Wildman–Crippen LogP) is 4.53. The maximum atomic E-state index is 13.4. The quantitative estimate of drug-likeness (QED) is 0.331. The molecule has 0 saturated carbocycles. The Labute approximate surface area is 252 Å². The number of hydrogen-bond donors (Lipinski definition) is 2. The molecule has 4 rings (SSSR count). The molecule has 0 spiro atoms. The second-order valence-corrected chi connectivity index (χ2v) is 12.0. The smallest absolute Gasteiger partial charge is 0.408 e. The lowest BCUT2D eigenvalue weighted by atomic mass is 9.94. The first-order chi connectivity index (χ1) is 20.0. The lowest BCUT2D eigenvalue weighted by Gasteiger charge is -2.49. The van der Waals surface area contributed by atoms with Gasteiger partial charge >= 0.3 is 12.1 Å². The summed E-state index contributed by atoms with van der Waals surface area (Å²) >= 11 is 5.80. The fraction of sp³-hybridized carbons (Fsp3) is 0.516. The van der Waals surface area contributed by atoms with Crippen LogP contribution in [-0.4, -0.2) is 73.1 Å². The Hall–Kier alpha value is -3.09. The van der Waals surface area contributed by atoms with Gasteiger partial charge in [-0.3, -0.25) is 0 Å². The number of carbonyl (C=O) groups excluding carboxylic acids is 2. The fourth-order valence-electron chi connectivity index (χ4n) is 4.84. The van der Waals surface area contributed by atoms with Crippen LogP contribution >= 0.6 is 12.2 Å². The van der Waals surface area contributed by atoms with E-state index in [-0.39, 0.29) is 12.5 Å². The molecule has 2 aliphatic heterocycles. The first kappa shape index (κ1) is 31.8. The highest BCUT2D eigenvalue weighted by Gasteiger charge is 2.53. The van der Waals surface area contributed by atoms with E-state index in [2.05, 4.69) is 10.6 Å². The third-order valence-corrected chi connectivity index (χ3v) is 7.20. The highest BCUT2D eigenvalue weighted by atomic mass is 32.1. The SMILES string of the molecule is CO[C@H]1O[C@@H]2COC(c3ccccc3)O[C@H]2[C@H](OC(=O)c2ccccc2)[C@@H]1NC(=S)[C@@H](NC(=O)OC(C)(C)C)C(C)C. The van der Waals surface area contributed by atoms with E-state index in [0.717, 1.165) is 5.56 Å². The van der Waals surface area contributed by atoms with Crippen molar-refractivity contribution in [3.63, 3.8) is 0 Å². The monoisotopic (exact) mass is 600 g/mol. The van der Waals surface area contributed by atoms with Gasteiger partial charge in [-0.05, 0) is 38.8 Å². The zero-order valence-electron chi connectivity index (χ0n) is 24.8. The van der Waals surface area contributed by atoms with E-state index in [1.807, 2.05) is 50.2 Å². The molecule has 0 radical (unpaired) electrons. The topological polar surface area (TPSA) is 114 Å². The van der Waals surface area contributed by atoms with E-state index < -0.39 is 60.6 Å². The number of esters is 1. The number of methoxy groups -OCH3 is 1. The number of nitrogens with one attached hydrogen (secondary N) is 2. The summed E-state index contributed by atoms with van der Waals surface area (Å²) in [6.07, 6.45) is -4.39. The standard InChI is InChI=1S/C31H40N2O8S/c1-18(2)22(33-30(35)41-31(3,4)5)26(42)32-23-25(39-27(34)19-13-9-7-10-14-19)24-21(38-29(23)36-6)17-37-28(40-24)20-15-11-8-12-16-20/h7-16,18,21-25,28-29H,17H2,1-6H3,(H,32,42)(H,33,35)/t21-,22+,23+,24-,25-,28?,29+/m1/s1. The van der Waals surface area contributed by atoms with Crippen LogP contribution < -0.4 is 10.6 Å². The van der Waals surface area contributed by atoms with Gasteiger partial charge in [0.2, 0.25) is 0 Å². The molecule has 228 valence electrons. The van der Waals surface area contributed by atoms with E-state index in [0.29, 0.717) is 10.6 Å². The Balaban J connectivity index is 1.62. The second-order valence-electron chi connectivity index (χ2n) is 11.6. The minimum absolute atomic E-state index is 0.0946. The Kier molecular flexibility index (Phi) is 10.6. The highest BCUT2D eigenvalue weighted by molar-refractivity contribution is 7.80. The second kappa shape index (κ2) is 13.9. The summed E-state index contributed by atoms with van der Waals surface area (Å²) < 4.78 is 36.0. The first-order valence-electron chi connectivity index (χ1n) is 14.0. The highest BCUT2D eigenvalue weighted by Crippen LogP contribution is 2.36. The van der Waals surface area contributed by atoms with E-state index in [1.165, 1.54) is 7.11 Å². The van der Waals surface area contributed by atoms with Crippen LogP contribution in [0.2, 0.25) is 0 Å². The zero-order valence-corrected chi connectivity index (χ0v) is 25.6. The van der Waals surface area contributed by atoms with Crippen molar-refractivity contribution in [3.05, 3.63) is 71.8 Å². The van der Waals surface area contributed by atoms with Gasteiger partial charge in [0.25, 0.3) is 0 Å². The summed E-state index contributed by atoms with van der Waals surface area (Å²) in [4.78, 5) is 26.3. The Morgan fingerprint density at radius 1 is 1.00 bits per heavy atom. The number of rotatable bonds is 8. The molecule has 7 atom stereocenters. The molecule has 1 amide bonds. The normalized spacial score (nSPS) is 26.5. The summed E-state index contributed by atoms with van der Waals surface area (Å²) in [5.41, 5.74) is 0.522. The lowest BCUT2D eigenvalue weighted by Crippen LogP contribution is -2.68. The molecule has 2 aromatic carbocycles. The molecule has 2 aromatic rings. The third kappa shape index (κ3) is 8.05. The average molecular weight is 601 g/mol. The van der Waals surface area contributed by atoms with E-state index in [4.69, 9.17) is 40.6 Å². The van der Waals surface area contributed by atoms with Crippen molar-refractivity contribution in [1.29, 1.82) is 0 Å². The molecular formula is C31H40N2O8S. The molecule has 1 unspecified atom stereocenters. The summed E-state index contributed by atoms with van der Waals surface area (Å²) in [7, 11) is 1.50. The molecule has 2 N–H and O–H groups in total. The molecule has 2 saturated heterocycles. The van der Waals surface area contributed by atoms with Gasteiger partial charge < -0.3 is 39.1 Å².